The van der Waals surface area contributed by atoms with Gasteiger partial charge >= 0.3 is 18.1 Å². The number of amides is 2. The van der Waals surface area contributed by atoms with Crippen LogP contribution in [0.1, 0.15) is 5.56 Å². The van der Waals surface area contributed by atoms with E-state index >= 15 is 0 Å². The van der Waals surface area contributed by atoms with Crippen LogP contribution in [0.2, 0.25) is 0 Å². The second-order valence-corrected chi connectivity index (χ2v) is 6.79. The third-order valence-corrected chi connectivity index (χ3v) is 4.64. The van der Waals surface area contributed by atoms with Crippen LogP contribution >= 0.6 is 0 Å². The third-order valence-electron chi connectivity index (χ3n) is 3.28. The van der Waals surface area contributed by atoms with Crippen molar-refractivity contribution in [1.29, 1.82) is 0 Å². The van der Waals surface area contributed by atoms with Crippen LogP contribution in [0.15, 0.2) is 28.5 Å². The van der Waals surface area contributed by atoms with Crippen LogP contribution in [-0.4, -0.2) is 67.7 Å². The topological polar surface area (TPSA) is 176 Å². The Balaban J connectivity index is 1.82. The van der Waals surface area contributed by atoms with Gasteiger partial charge in [-0.25, -0.2) is 17.9 Å². The molecule has 3 rings (SSSR count). The number of carbonyl (C=O) groups is 1. The molecule has 0 spiro atoms. The van der Waals surface area contributed by atoms with Crippen molar-refractivity contribution in [2.45, 2.75) is 4.90 Å². The molecule has 0 fully saturated rings. The van der Waals surface area contributed by atoms with Gasteiger partial charge in [-0.05, 0) is 11.2 Å². The molecule has 154 valence electrons. The number of rotatable bonds is 6. The largest absolute Gasteiger partial charge is 0.471 e. The van der Waals surface area contributed by atoms with Crippen molar-refractivity contribution >= 4 is 27.9 Å². The number of anilines is 1. The van der Waals surface area contributed by atoms with Gasteiger partial charge in [-0.3, -0.25) is 10.3 Å². The molecule has 2 N–H and O–H groups in total. The molecule has 3 heterocycles. The predicted molar refractivity (Wildman–Crippen MR) is 94.9 cm³/mol. The number of pyridine rings is 1. The lowest BCUT2D eigenvalue weighted by molar-refractivity contribution is 0.0653. The van der Waals surface area contributed by atoms with Gasteiger partial charge in [0.2, 0.25) is 5.95 Å². The second-order valence-electron chi connectivity index (χ2n) is 5.14. The molecule has 15 heteroatoms. The van der Waals surface area contributed by atoms with E-state index in [4.69, 9.17) is 19.0 Å². The van der Waals surface area contributed by atoms with Crippen LogP contribution in [-0.2, 0) is 19.6 Å². The van der Waals surface area contributed by atoms with E-state index in [2.05, 4.69) is 30.4 Å². The SMILES string of the molecule is COc1nc(NC(=O)NS(=O)(=O)c2cnccc2C2=NOCCO2)nc(OC)n1. The Hall–Kier alpha value is -3.75. The molecule has 0 unspecified atom stereocenters. The van der Waals surface area contributed by atoms with Crippen LogP contribution in [0.3, 0.4) is 0 Å². The summed E-state index contributed by atoms with van der Waals surface area (Å²) in [7, 11) is -1.77. The lowest BCUT2D eigenvalue weighted by Crippen LogP contribution is -2.36. The van der Waals surface area contributed by atoms with Crippen molar-refractivity contribution in [3.05, 3.63) is 24.0 Å². The van der Waals surface area contributed by atoms with Crippen molar-refractivity contribution in [2.75, 3.05) is 32.8 Å². The fraction of sp³-hybridized carbons (Fsp3) is 0.286. The zero-order valence-electron chi connectivity index (χ0n) is 15.1. The molecule has 0 saturated carbocycles. The number of nitrogens with one attached hydrogen (secondary N) is 2. The van der Waals surface area contributed by atoms with Gasteiger partial charge in [-0.1, -0.05) is 0 Å². The highest BCUT2D eigenvalue weighted by Gasteiger charge is 2.26. The van der Waals surface area contributed by atoms with Crippen molar-refractivity contribution in [2.24, 2.45) is 5.16 Å². The number of hydrogen-bond acceptors (Lipinski definition) is 12. The molecule has 0 aliphatic carbocycles. The molecule has 0 saturated heterocycles. The fourth-order valence-electron chi connectivity index (χ4n) is 2.08. The van der Waals surface area contributed by atoms with E-state index in [-0.39, 0.29) is 47.5 Å². The first-order valence-corrected chi connectivity index (χ1v) is 9.36. The normalized spacial score (nSPS) is 13.4. The number of ether oxygens (including phenoxy) is 3. The third kappa shape index (κ3) is 4.75. The van der Waals surface area contributed by atoms with Gasteiger partial charge in [0.05, 0.1) is 19.8 Å². The van der Waals surface area contributed by atoms with Crippen LogP contribution in [0, 0.1) is 0 Å². The Bertz CT molecular complexity index is 1020. The van der Waals surface area contributed by atoms with Crippen molar-refractivity contribution in [1.82, 2.24) is 24.7 Å². The summed E-state index contributed by atoms with van der Waals surface area (Å²) in [6, 6.07) is -0.0614. The molecular formula is C14H15N7O7S. The fourth-order valence-corrected chi connectivity index (χ4v) is 3.13. The van der Waals surface area contributed by atoms with E-state index in [1.165, 1.54) is 26.5 Å². The Morgan fingerprint density at radius 1 is 1.14 bits per heavy atom. The number of urea groups is 1. The van der Waals surface area contributed by atoms with Gasteiger partial charge < -0.3 is 19.0 Å². The standard InChI is InChI=1S/C14H15N7O7S/c1-25-13-17-11(18-14(19-13)26-2)16-12(22)21-29(23,24)9-7-15-4-3-8(9)10-20-28-6-5-27-10/h3-4,7H,5-6H2,1-2H3,(H2,16,17,18,19,21,22). The van der Waals surface area contributed by atoms with Gasteiger partial charge in [0.15, 0.2) is 6.61 Å². The molecule has 2 amide bonds. The maximum atomic E-state index is 12.7. The lowest BCUT2D eigenvalue weighted by Gasteiger charge is -2.16. The smallest absolute Gasteiger partial charge is 0.335 e. The van der Waals surface area contributed by atoms with E-state index in [0.717, 1.165) is 6.20 Å². The maximum Gasteiger partial charge on any atom is 0.335 e. The molecule has 0 bridgehead atoms. The summed E-state index contributed by atoms with van der Waals surface area (Å²) < 4.78 is 42.2. The number of hydrogen-bond donors (Lipinski definition) is 2. The number of nitrogens with zero attached hydrogens (tertiary/aromatic N) is 5. The Labute approximate surface area is 164 Å². The molecule has 2 aromatic heterocycles. The van der Waals surface area contributed by atoms with E-state index in [0.29, 0.717) is 0 Å². The van der Waals surface area contributed by atoms with Crippen LogP contribution < -0.4 is 19.5 Å². The first-order valence-electron chi connectivity index (χ1n) is 7.88. The maximum absolute atomic E-state index is 12.7. The van der Waals surface area contributed by atoms with Crippen LogP contribution in [0.25, 0.3) is 0 Å². The highest BCUT2D eigenvalue weighted by molar-refractivity contribution is 7.90. The lowest BCUT2D eigenvalue weighted by atomic mass is 10.2. The highest BCUT2D eigenvalue weighted by Crippen LogP contribution is 2.18. The molecular weight excluding hydrogens is 410 g/mol. The van der Waals surface area contributed by atoms with Crippen molar-refractivity contribution in [3.63, 3.8) is 0 Å². The Kier molecular flexibility index (Phi) is 5.87. The molecule has 0 radical (unpaired) electrons. The summed E-state index contributed by atoms with van der Waals surface area (Å²) in [4.78, 5) is 31.8. The highest BCUT2D eigenvalue weighted by atomic mass is 32.2. The zero-order valence-corrected chi connectivity index (χ0v) is 16.0. The molecule has 14 nitrogen and oxygen atoms in total. The molecule has 29 heavy (non-hydrogen) atoms. The van der Waals surface area contributed by atoms with Gasteiger partial charge in [-0.2, -0.15) is 9.97 Å². The first kappa shape index (κ1) is 20.0. The number of oxime groups is 1. The monoisotopic (exact) mass is 425 g/mol. The number of methoxy groups -OCH3 is 2. The van der Waals surface area contributed by atoms with Crippen LogP contribution in [0.4, 0.5) is 10.7 Å². The number of sulfonamides is 1. The predicted octanol–water partition coefficient (Wildman–Crippen LogP) is -0.497. The summed E-state index contributed by atoms with van der Waals surface area (Å²) in [5, 5.41) is 5.84. The number of aromatic nitrogens is 4. The minimum Gasteiger partial charge on any atom is -0.471 e. The Morgan fingerprint density at radius 2 is 1.86 bits per heavy atom. The van der Waals surface area contributed by atoms with Gasteiger partial charge in [-0.15, -0.1) is 4.98 Å². The van der Waals surface area contributed by atoms with Gasteiger partial charge in [0, 0.05) is 12.4 Å². The molecule has 0 aromatic carbocycles. The second kappa shape index (κ2) is 8.51. The minimum absolute atomic E-state index is 0.0497. The molecule has 1 aliphatic rings. The summed E-state index contributed by atoms with van der Waals surface area (Å²) in [5.74, 6) is -0.340. The van der Waals surface area contributed by atoms with Crippen molar-refractivity contribution in [3.8, 4) is 12.0 Å². The summed E-state index contributed by atoms with van der Waals surface area (Å²) in [6.45, 7) is 0.424. The molecule has 2 aromatic rings. The molecule has 1 aliphatic heterocycles. The number of carbonyl (C=O) groups excluding carboxylic acids is 1. The van der Waals surface area contributed by atoms with E-state index < -0.39 is 16.1 Å². The molecule has 0 atom stereocenters. The average Bonchev–Trinajstić information content (AvgIpc) is 2.73. The van der Waals surface area contributed by atoms with Crippen LogP contribution in [0.5, 0.6) is 12.0 Å². The first-order chi connectivity index (χ1) is 13.9. The van der Waals surface area contributed by atoms with E-state index in [9.17, 15) is 13.2 Å². The zero-order chi connectivity index (χ0) is 20.9. The minimum atomic E-state index is -4.37. The summed E-state index contributed by atoms with van der Waals surface area (Å²) >= 11 is 0. The summed E-state index contributed by atoms with van der Waals surface area (Å²) in [5.41, 5.74) is 0.0727. The van der Waals surface area contributed by atoms with Gasteiger partial charge in [0.1, 0.15) is 11.5 Å². The quantitative estimate of drug-likeness (QED) is 0.610. The van der Waals surface area contributed by atoms with E-state index in [1.807, 2.05) is 4.72 Å². The van der Waals surface area contributed by atoms with Crippen molar-refractivity contribution < 1.29 is 32.3 Å². The summed E-state index contributed by atoms with van der Waals surface area (Å²) in [6.07, 6.45) is 2.39. The Morgan fingerprint density at radius 3 is 2.48 bits per heavy atom. The average molecular weight is 425 g/mol. The van der Waals surface area contributed by atoms with E-state index in [1.54, 1.807) is 0 Å². The van der Waals surface area contributed by atoms with Gasteiger partial charge in [0.25, 0.3) is 15.9 Å².